The minimum atomic E-state index is -0.689. The van der Waals surface area contributed by atoms with Gasteiger partial charge in [-0.25, -0.2) is 4.79 Å². The molecule has 36 heavy (non-hydrogen) atoms. The van der Waals surface area contributed by atoms with Gasteiger partial charge in [0.25, 0.3) is 5.91 Å². The fourth-order valence-electron chi connectivity index (χ4n) is 3.38. The van der Waals surface area contributed by atoms with E-state index in [2.05, 4.69) is 15.5 Å². The Hall–Kier alpha value is -3.09. The quantitative estimate of drug-likeness (QED) is 0.279. The summed E-state index contributed by atoms with van der Waals surface area (Å²) in [5.74, 6) is -0.602. The zero-order valence-electron chi connectivity index (χ0n) is 20.4. The summed E-state index contributed by atoms with van der Waals surface area (Å²) in [7, 11) is 1.56. The van der Waals surface area contributed by atoms with Gasteiger partial charge in [0, 0.05) is 11.6 Å². The first kappa shape index (κ1) is 27.5. The molecule has 0 saturated heterocycles. The van der Waals surface area contributed by atoms with Crippen molar-refractivity contribution < 1.29 is 23.9 Å². The van der Waals surface area contributed by atoms with Gasteiger partial charge >= 0.3 is 5.97 Å². The molecule has 3 N–H and O–H groups in total. The zero-order valence-corrected chi connectivity index (χ0v) is 22.8. The number of nitrogens with two attached hydrogens (primary N) is 1. The first-order chi connectivity index (χ1) is 17.1. The number of ether oxygens (including phenoxy) is 2. The van der Waals surface area contributed by atoms with Crippen LogP contribution >= 0.6 is 34.7 Å². The molecule has 0 radical (unpaired) electrons. The van der Waals surface area contributed by atoms with E-state index in [1.807, 2.05) is 11.5 Å². The second kappa shape index (κ2) is 11.8. The molecular formula is C23H26ClN5O5S2. The van der Waals surface area contributed by atoms with Crippen LogP contribution < -0.4 is 15.8 Å². The molecule has 3 aromatic rings. The normalized spacial score (nSPS) is 11.0. The van der Waals surface area contributed by atoms with Gasteiger partial charge in [-0.15, -0.1) is 21.5 Å². The summed E-state index contributed by atoms with van der Waals surface area (Å²) in [6.45, 7) is 7.48. The molecule has 0 saturated carbocycles. The molecule has 0 aliphatic rings. The van der Waals surface area contributed by atoms with Crippen molar-refractivity contribution in [2.75, 3.05) is 18.2 Å². The lowest BCUT2D eigenvalue weighted by atomic mass is 10.1. The molecule has 2 heterocycles. The van der Waals surface area contributed by atoms with Crippen molar-refractivity contribution in [3.05, 3.63) is 39.2 Å². The molecule has 192 valence electrons. The first-order valence-corrected chi connectivity index (χ1v) is 13.1. The molecule has 3 rings (SSSR count). The van der Waals surface area contributed by atoms with Crippen LogP contribution in [0.5, 0.6) is 5.75 Å². The average Bonchev–Trinajstić information content (AvgIpc) is 3.37. The number of carbonyl (C=O) groups excluding carboxylic acids is 3. The fourth-order valence-corrected chi connectivity index (χ4v) is 5.42. The number of halogens is 1. The lowest BCUT2D eigenvalue weighted by Gasteiger charge is -2.11. The largest absolute Gasteiger partial charge is 0.496 e. The minimum absolute atomic E-state index is 0.0215. The number of anilines is 1. The molecule has 0 aliphatic heterocycles. The van der Waals surface area contributed by atoms with E-state index in [-0.39, 0.29) is 27.3 Å². The Bertz CT molecular complexity index is 1300. The van der Waals surface area contributed by atoms with Gasteiger partial charge in [-0.1, -0.05) is 23.4 Å². The van der Waals surface area contributed by atoms with Gasteiger partial charge in [-0.3, -0.25) is 9.59 Å². The van der Waals surface area contributed by atoms with Gasteiger partial charge in [-0.2, -0.15) is 0 Å². The number of carbonyl (C=O) groups is 3. The second-order valence-electron chi connectivity index (χ2n) is 7.81. The summed E-state index contributed by atoms with van der Waals surface area (Å²) >= 11 is 8.28. The van der Waals surface area contributed by atoms with Gasteiger partial charge in [0.1, 0.15) is 10.8 Å². The summed E-state index contributed by atoms with van der Waals surface area (Å²) in [5, 5.41) is 12.5. The van der Waals surface area contributed by atoms with Crippen LogP contribution in [0.2, 0.25) is 5.02 Å². The van der Waals surface area contributed by atoms with Crippen LogP contribution in [0, 0.1) is 6.92 Å². The molecule has 1 aromatic carbocycles. The number of hydrogen-bond acceptors (Lipinski definition) is 9. The number of rotatable bonds is 10. The predicted octanol–water partition coefficient (Wildman–Crippen LogP) is 4.39. The minimum Gasteiger partial charge on any atom is -0.496 e. The topological polar surface area (TPSA) is 138 Å². The Kier molecular flexibility index (Phi) is 8.98. The fraction of sp³-hybridized carbons (Fsp3) is 0.348. The number of esters is 1. The van der Waals surface area contributed by atoms with E-state index in [0.29, 0.717) is 39.4 Å². The number of amides is 2. The first-order valence-electron chi connectivity index (χ1n) is 10.9. The standard InChI is InChI=1S/C23H26ClN5O5S2/c1-6-29-20(14-9-13(24)7-8-15(14)33-5)27-28-23(29)35-10-16(30)26-21-17(22(32)34-11(2)3)12(4)18(36-21)19(25)31/h7-9,11H,6,10H2,1-5H3,(H2,25,31)(H,26,30). The third-order valence-corrected chi connectivity index (χ3v) is 7.36. The third kappa shape index (κ3) is 6.00. The summed E-state index contributed by atoms with van der Waals surface area (Å²) < 4.78 is 12.6. The maximum atomic E-state index is 12.8. The summed E-state index contributed by atoms with van der Waals surface area (Å²) in [6, 6.07) is 5.21. The van der Waals surface area contributed by atoms with Crippen molar-refractivity contribution >= 4 is 57.5 Å². The molecular weight excluding hydrogens is 526 g/mol. The molecule has 13 heteroatoms. The highest BCUT2D eigenvalue weighted by Crippen LogP contribution is 2.35. The number of thiophene rings is 1. The van der Waals surface area contributed by atoms with Crippen molar-refractivity contribution in [3.63, 3.8) is 0 Å². The molecule has 0 unspecified atom stereocenters. The van der Waals surface area contributed by atoms with Crippen LogP contribution in [0.3, 0.4) is 0 Å². The number of primary amides is 1. The SMILES string of the molecule is CCn1c(SCC(=O)Nc2sc(C(N)=O)c(C)c2C(=O)OC(C)C)nnc1-c1cc(Cl)ccc1OC. The number of nitrogens with one attached hydrogen (secondary N) is 1. The molecule has 0 spiro atoms. The van der Waals surface area contributed by atoms with E-state index in [1.54, 1.807) is 46.1 Å². The van der Waals surface area contributed by atoms with Gasteiger partial charge < -0.3 is 25.1 Å². The summed E-state index contributed by atoms with van der Waals surface area (Å²) in [4.78, 5) is 37.4. The van der Waals surface area contributed by atoms with Crippen molar-refractivity contribution in [2.45, 2.75) is 45.5 Å². The number of thioether (sulfide) groups is 1. The van der Waals surface area contributed by atoms with Gasteiger partial charge in [0.05, 0.1) is 35.0 Å². The zero-order chi connectivity index (χ0) is 26.6. The molecule has 0 atom stereocenters. The van der Waals surface area contributed by atoms with Crippen LogP contribution in [0.25, 0.3) is 11.4 Å². The Balaban J connectivity index is 1.81. The van der Waals surface area contributed by atoms with Crippen molar-refractivity contribution in [2.24, 2.45) is 5.73 Å². The van der Waals surface area contributed by atoms with E-state index in [4.69, 9.17) is 26.8 Å². The van der Waals surface area contributed by atoms with Gasteiger partial charge in [-0.05, 0) is 51.5 Å². The van der Waals surface area contributed by atoms with E-state index in [0.717, 1.165) is 11.3 Å². The van der Waals surface area contributed by atoms with Crippen LogP contribution in [0.4, 0.5) is 5.00 Å². The van der Waals surface area contributed by atoms with Crippen LogP contribution in [0.1, 0.15) is 46.4 Å². The predicted molar refractivity (Wildman–Crippen MR) is 140 cm³/mol. The highest BCUT2D eigenvalue weighted by Gasteiger charge is 2.27. The molecule has 0 fully saturated rings. The average molecular weight is 552 g/mol. The van der Waals surface area contributed by atoms with E-state index in [9.17, 15) is 14.4 Å². The number of methoxy groups -OCH3 is 1. The van der Waals surface area contributed by atoms with Crippen LogP contribution in [-0.4, -0.2) is 51.5 Å². The van der Waals surface area contributed by atoms with Gasteiger partial charge in [0.2, 0.25) is 5.91 Å². The Morgan fingerprint density at radius 2 is 2.00 bits per heavy atom. The Labute approximate surface area is 221 Å². The van der Waals surface area contributed by atoms with E-state index >= 15 is 0 Å². The van der Waals surface area contributed by atoms with Crippen molar-refractivity contribution in [3.8, 4) is 17.1 Å². The third-order valence-electron chi connectivity index (χ3n) is 4.94. The van der Waals surface area contributed by atoms with Crippen LogP contribution in [-0.2, 0) is 16.1 Å². The highest BCUT2D eigenvalue weighted by molar-refractivity contribution is 7.99. The Morgan fingerprint density at radius 1 is 1.28 bits per heavy atom. The number of hydrogen-bond donors (Lipinski definition) is 2. The number of aromatic nitrogens is 3. The van der Waals surface area contributed by atoms with E-state index < -0.39 is 17.8 Å². The van der Waals surface area contributed by atoms with Gasteiger partial charge in [0.15, 0.2) is 11.0 Å². The molecule has 0 bridgehead atoms. The molecule has 2 amide bonds. The molecule has 10 nitrogen and oxygen atoms in total. The lowest BCUT2D eigenvalue weighted by molar-refractivity contribution is -0.113. The summed E-state index contributed by atoms with van der Waals surface area (Å²) in [5.41, 5.74) is 6.61. The maximum absolute atomic E-state index is 12.8. The number of nitrogens with zero attached hydrogens (tertiary/aromatic N) is 3. The van der Waals surface area contributed by atoms with Crippen LogP contribution in [0.15, 0.2) is 23.4 Å². The van der Waals surface area contributed by atoms with E-state index in [1.165, 1.54) is 11.8 Å². The van der Waals surface area contributed by atoms with Crippen molar-refractivity contribution in [1.29, 1.82) is 0 Å². The van der Waals surface area contributed by atoms with Crippen molar-refractivity contribution in [1.82, 2.24) is 14.8 Å². The highest BCUT2D eigenvalue weighted by atomic mass is 35.5. The maximum Gasteiger partial charge on any atom is 0.341 e. The smallest absolute Gasteiger partial charge is 0.341 e. The second-order valence-corrected chi connectivity index (χ2v) is 10.2. The number of benzene rings is 1. The Morgan fingerprint density at radius 3 is 2.61 bits per heavy atom. The summed E-state index contributed by atoms with van der Waals surface area (Å²) in [6.07, 6.45) is -0.374. The molecule has 2 aromatic heterocycles. The lowest BCUT2D eigenvalue weighted by Crippen LogP contribution is -2.18. The monoisotopic (exact) mass is 551 g/mol. The molecule has 0 aliphatic carbocycles.